The van der Waals surface area contributed by atoms with Crippen LogP contribution >= 0.6 is 0 Å². The molecule has 2 aromatic carbocycles. The van der Waals surface area contributed by atoms with Crippen LogP contribution < -0.4 is 4.74 Å². The third kappa shape index (κ3) is 4.54. The third-order valence-electron chi connectivity index (χ3n) is 6.00. The molecule has 1 unspecified atom stereocenters. The van der Waals surface area contributed by atoms with Gasteiger partial charge in [-0.1, -0.05) is 30.3 Å². The summed E-state index contributed by atoms with van der Waals surface area (Å²) in [4.78, 5) is 5.09. The van der Waals surface area contributed by atoms with E-state index in [0.717, 1.165) is 42.9 Å². The van der Waals surface area contributed by atoms with Crippen molar-refractivity contribution in [3.8, 4) is 5.75 Å². The summed E-state index contributed by atoms with van der Waals surface area (Å²) in [6.07, 6.45) is 3.34. The van der Waals surface area contributed by atoms with Crippen LogP contribution in [0.1, 0.15) is 30.4 Å². The van der Waals surface area contributed by atoms with Crippen LogP contribution in [-0.4, -0.2) is 53.2 Å². The van der Waals surface area contributed by atoms with Crippen LogP contribution in [0.3, 0.4) is 0 Å². The van der Waals surface area contributed by atoms with Gasteiger partial charge in [-0.25, -0.2) is 4.39 Å². The molecule has 1 N–H and O–H groups in total. The average molecular weight is 384 g/mol. The molecule has 2 aromatic rings. The fraction of sp³-hybridized carbons (Fsp3) is 0.478. The van der Waals surface area contributed by atoms with Crippen LogP contribution in [0, 0.1) is 5.82 Å². The van der Waals surface area contributed by atoms with E-state index in [-0.39, 0.29) is 12.4 Å². The number of nitrogens with zero attached hydrogens (tertiary/aromatic N) is 2. The summed E-state index contributed by atoms with van der Waals surface area (Å²) >= 11 is 0. The third-order valence-corrected chi connectivity index (χ3v) is 6.00. The molecule has 0 spiro atoms. The minimum atomic E-state index is -0.240. The Morgan fingerprint density at radius 1 is 1.11 bits per heavy atom. The molecule has 2 aliphatic heterocycles. The summed E-state index contributed by atoms with van der Waals surface area (Å²) in [6.45, 7) is 4.66. The van der Waals surface area contributed by atoms with Crippen molar-refractivity contribution in [3.05, 3.63) is 65.5 Å². The van der Waals surface area contributed by atoms with Crippen molar-refractivity contribution in [2.75, 3.05) is 26.2 Å². The topological polar surface area (TPSA) is 35.9 Å². The number of hydrogen-bond donors (Lipinski definition) is 1. The van der Waals surface area contributed by atoms with Gasteiger partial charge in [-0.2, -0.15) is 0 Å². The van der Waals surface area contributed by atoms with Gasteiger partial charge in [0, 0.05) is 43.9 Å². The Hall–Kier alpha value is -1.95. The molecule has 0 radical (unpaired) electrons. The van der Waals surface area contributed by atoms with Crippen LogP contribution in [0.15, 0.2) is 48.5 Å². The van der Waals surface area contributed by atoms with Gasteiger partial charge in [0.2, 0.25) is 0 Å². The molecule has 5 heteroatoms. The quantitative estimate of drug-likeness (QED) is 0.793. The van der Waals surface area contributed by atoms with Crippen LogP contribution in [0.25, 0.3) is 0 Å². The Kier molecular flexibility index (Phi) is 6.25. The van der Waals surface area contributed by atoms with Crippen LogP contribution in [-0.2, 0) is 13.2 Å². The first-order valence-corrected chi connectivity index (χ1v) is 10.3. The SMILES string of the molecule is OCC[C@H]1CN2CCCC2CN1Cc1ccccc1OCc1cccc(F)c1. The van der Waals surface area contributed by atoms with Gasteiger partial charge >= 0.3 is 0 Å². The Labute approximate surface area is 166 Å². The standard InChI is InChI=1S/C23H29FN2O2/c24-20-7-3-5-18(13-20)17-28-23-9-2-1-6-19(23)14-26-16-21-8-4-11-25(21)15-22(26)10-12-27/h1-3,5-7,9,13,21-22,27H,4,8,10-12,14-17H2/t21?,22-/m0/s1. The largest absolute Gasteiger partial charge is 0.489 e. The van der Waals surface area contributed by atoms with Gasteiger partial charge in [0.05, 0.1) is 0 Å². The summed E-state index contributed by atoms with van der Waals surface area (Å²) in [5.41, 5.74) is 1.97. The fourth-order valence-corrected chi connectivity index (χ4v) is 4.55. The van der Waals surface area contributed by atoms with Crippen molar-refractivity contribution in [1.82, 2.24) is 9.80 Å². The summed E-state index contributed by atoms with van der Waals surface area (Å²) in [6, 6.07) is 15.7. The van der Waals surface area contributed by atoms with Gasteiger partial charge in [0.15, 0.2) is 0 Å². The highest BCUT2D eigenvalue weighted by Gasteiger charge is 2.36. The van der Waals surface area contributed by atoms with Gasteiger partial charge in [0.1, 0.15) is 18.2 Å². The number of halogens is 1. The zero-order valence-electron chi connectivity index (χ0n) is 16.3. The molecule has 2 atom stereocenters. The maximum Gasteiger partial charge on any atom is 0.124 e. The van der Waals surface area contributed by atoms with Crippen molar-refractivity contribution >= 4 is 0 Å². The molecular formula is C23H29FN2O2. The molecule has 28 heavy (non-hydrogen) atoms. The highest BCUT2D eigenvalue weighted by molar-refractivity contribution is 5.34. The van der Waals surface area contributed by atoms with Crippen molar-refractivity contribution in [3.63, 3.8) is 0 Å². The molecule has 0 aromatic heterocycles. The summed E-state index contributed by atoms with van der Waals surface area (Å²) in [7, 11) is 0. The molecule has 2 aliphatic rings. The molecule has 2 heterocycles. The molecule has 4 nitrogen and oxygen atoms in total. The number of aliphatic hydroxyl groups is 1. The van der Waals surface area contributed by atoms with Crippen molar-refractivity contribution < 1.29 is 14.2 Å². The summed E-state index contributed by atoms with van der Waals surface area (Å²) in [5, 5.41) is 9.53. The van der Waals surface area contributed by atoms with E-state index in [2.05, 4.69) is 15.9 Å². The number of rotatable bonds is 7. The van der Waals surface area contributed by atoms with E-state index in [4.69, 9.17) is 4.74 Å². The number of ether oxygens (including phenoxy) is 1. The Balaban J connectivity index is 1.46. The van der Waals surface area contributed by atoms with Crippen molar-refractivity contribution in [2.24, 2.45) is 0 Å². The van der Waals surface area contributed by atoms with E-state index in [9.17, 15) is 9.50 Å². The maximum absolute atomic E-state index is 13.4. The van der Waals surface area contributed by atoms with E-state index >= 15 is 0 Å². The number of hydrogen-bond acceptors (Lipinski definition) is 4. The molecule has 0 saturated carbocycles. The van der Waals surface area contributed by atoms with E-state index in [1.807, 2.05) is 24.3 Å². The molecular weight excluding hydrogens is 355 g/mol. The highest BCUT2D eigenvalue weighted by atomic mass is 19.1. The lowest BCUT2D eigenvalue weighted by molar-refractivity contribution is 0.0328. The monoisotopic (exact) mass is 384 g/mol. The van der Waals surface area contributed by atoms with Crippen LogP contribution in [0.4, 0.5) is 4.39 Å². The predicted octanol–water partition coefficient (Wildman–Crippen LogP) is 3.44. The van der Waals surface area contributed by atoms with Gasteiger partial charge < -0.3 is 9.84 Å². The van der Waals surface area contributed by atoms with Crippen LogP contribution in [0.2, 0.25) is 0 Å². The normalized spacial score (nSPS) is 22.9. The predicted molar refractivity (Wildman–Crippen MR) is 108 cm³/mol. The lowest BCUT2D eigenvalue weighted by atomic mass is 10.0. The lowest BCUT2D eigenvalue weighted by Gasteiger charge is -2.43. The maximum atomic E-state index is 13.4. The molecule has 2 fully saturated rings. The van der Waals surface area contributed by atoms with Gasteiger partial charge in [-0.05, 0) is 49.6 Å². The molecule has 0 aliphatic carbocycles. The summed E-state index contributed by atoms with van der Waals surface area (Å²) < 4.78 is 19.5. The fourth-order valence-electron chi connectivity index (χ4n) is 4.55. The van der Waals surface area contributed by atoms with Crippen molar-refractivity contribution in [2.45, 2.75) is 44.5 Å². The first-order chi connectivity index (χ1) is 13.7. The van der Waals surface area contributed by atoms with Gasteiger partial charge in [-0.3, -0.25) is 9.80 Å². The molecule has 4 rings (SSSR count). The Bertz CT molecular complexity index is 785. The number of aliphatic hydroxyl groups excluding tert-OH is 1. The van der Waals surface area contributed by atoms with Crippen LogP contribution in [0.5, 0.6) is 5.75 Å². The second-order valence-corrected chi connectivity index (χ2v) is 7.91. The van der Waals surface area contributed by atoms with E-state index in [1.165, 1.54) is 31.5 Å². The van der Waals surface area contributed by atoms with Gasteiger partial charge in [-0.15, -0.1) is 0 Å². The highest BCUT2D eigenvalue weighted by Crippen LogP contribution is 2.29. The molecule has 0 bridgehead atoms. The zero-order chi connectivity index (χ0) is 19.3. The van der Waals surface area contributed by atoms with E-state index < -0.39 is 0 Å². The second-order valence-electron chi connectivity index (χ2n) is 7.91. The second kappa shape index (κ2) is 9.03. The molecule has 0 amide bonds. The first-order valence-electron chi connectivity index (χ1n) is 10.3. The molecule has 150 valence electrons. The zero-order valence-corrected chi connectivity index (χ0v) is 16.3. The lowest BCUT2D eigenvalue weighted by Crippen LogP contribution is -2.55. The number of piperazine rings is 1. The number of benzene rings is 2. The average Bonchev–Trinajstić information content (AvgIpc) is 3.15. The summed E-state index contributed by atoms with van der Waals surface area (Å²) in [5.74, 6) is 0.610. The van der Waals surface area contributed by atoms with Crippen molar-refractivity contribution in [1.29, 1.82) is 0 Å². The number of para-hydroxylation sites is 1. The minimum absolute atomic E-state index is 0.220. The minimum Gasteiger partial charge on any atom is -0.489 e. The Morgan fingerprint density at radius 3 is 2.86 bits per heavy atom. The smallest absolute Gasteiger partial charge is 0.124 e. The first kappa shape index (κ1) is 19.4. The van der Waals surface area contributed by atoms with E-state index in [1.54, 1.807) is 6.07 Å². The van der Waals surface area contributed by atoms with E-state index in [0.29, 0.717) is 18.7 Å². The van der Waals surface area contributed by atoms with Gasteiger partial charge in [0.25, 0.3) is 0 Å². The number of fused-ring (bicyclic) bond motifs is 1. The Morgan fingerprint density at radius 2 is 2.00 bits per heavy atom. The molecule has 2 saturated heterocycles.